The summed E-state index contributed by atoms with van der Waals surface area (Å²) in [6, 6.07) is 0. The number of hydrogen-bond donors (Lipinski definition) is 0. The molecule has 0 fully saturated rings. The van der Waals surface area contributed by atoms with Gasteiger partial charge >= 0.3 is 17.9 Å². The van der Waals surface area contributed by atoms with Crippen LogP contribution in [-0.4, -0.2) is 37.2 Å². The first kappa shape index (κ1) is 74.3. The third-order valence-corrected chi connectivity index (χ3v) is 14.3. The predicted octanol–water partition coefficient (Wildman–Crippen LogP) is 22.8. The zero-order valence-corrected chi connectivity index (χ0v) is 51.4. The number of unbranched alkanes of at least 4 members (excludes halogenated alkanes) is 33. The molecule has 0 radical (unpaired) electrons. The lowest BCUT2D eigenvalue weighted by molar-refractivity contribution is -0.167. The van der Waals surface area contributed by atoms with Crippen LogP contribution in [0.4, 0.5) is 0 Å². The van der Waals surface area contributed by atoms with Crippen LogP contribution in [0.15, 0.2) is 97.2 Å². The highest BCUT2D eigenvalue weighted by molar-refractivity contribution is 5.71. The maximum Gasteiger partial charge on any atom is 0.306 e. The lowest BCUT2D eigenvalue weighted by atomic mass is 10.0. The Balaban J connectivity index is 4.27. The third kappa shape index (κ3) is 63.2. The number of esters is 3. The van der Waals surface area contributed by atoms with Gasteiger partial charge in [-0.3, -0.25) is 14.4 Å². The van der Waals surface area contributed by atoms with Crippen molar-refractivity contribution in [1.29, 1.82) is 0 Å². The van der Waals surface area contributed by atoms with Crippen LogP contribution in [0.2, 0.25) is 0 Å². The van der Waals surface area contributed by atoms with Crippen LogP contribution in [-0.2, 0) is 28.6 Å². The lowest BCUT2D eigenvalue weighted by Crippen LogP contribution is -2.30. The van der Waals surface area contributed by atoms with Crippen molar-refractivity contribution in [3.8, 4) is 0 Å². The van der Waals surface area contributed by atoms with E-state index < -0.39 is 6.10 Å². The minimum absolute atomic E-state index is 0.0788. The summed E-state index contributed by atoms with van der Waals surface area (Å²) in [7, 11) is 0. The molecule has 0 saturated carbocycles. The minimum Gasteiger partial charge on any atom is -0.462 e. The summed E-state index contributed by atoms with van der Waals surface area (Å²) in [4.78, 5) is 38.3. The molecule has 0 N–H and O–H groups in total. The predicted molar refractivity (Wildman–Crippen MR) is 339 cm³/mol. The van der Waals surface area contributed by atoms with E-state index in [9.17, 15) is 14.4 Å². The molecule has 0 aromatic heterocycles. The molecule has 0 aromatic rings. The van der Waals surface area contributed by atoms with Gasteiger partial charge in [0, 0.05) is 19.3 Å². The zero-order valence-electron chi connectivity index (χ0n) is 51.4. The van der Waals surface area contributed by atoms with E-state index >= 15 is 0 Å². The van der Waals surface area contributed by atoms with Gasteiger partial charge in [0.2, 0.25) is 0 Å². The molecule has 1 unspecified atom stereocenters. The second-order valence-electron chi connectivity index (χ2n) is 22.0. The molecule has 0 saturated heterocycles. The number of carbonyl (C=O) groups excluding carboxylic acids is 3. The van der Waals surface area contributed by atoms with E-state index in [1.807, 2.05) is 0 Å². The van der Waals surface area contributed by atoms with Crippen molar-refractivity contribution in [3.05, 3.63) is 97.2 Å². The van der Waals surface area contributed by atoms with E-state index in [0.29, 0.717) is 19.3 Å². The molecule has 0 heterocycles. The topological polar surface area (TPSA) is 78.9 Å². The van der Waals surface area contributed by atoms with E-state index in [2.05, 4.69) is 118 Å². The first-order valence-corrected chi connectivity index (χ1v) is 33.2. The Hall–Kier alpha value is -3.67. The van der Waals surface area contributed by atoms with Crippen molar-refractivity contribution in [2.45, 2.75) is 329 Å². The Morgan fingerprint density at radius 1 is 0.269 bits per heavy atom. The maximum absolute atomic E-state index is 12.9. The molecule has 0 rings (SSSR count). The van der Waals surface area contributed by atoms with Gasteiger partial charge in [-0.15, -0.1) is 0 Å². The second-order valence-corrected chi connectivity index (χ2v) is 22.0. The van der Waals surface area contributed by atoms with Gasteiger partial charge in [0.05, 0.1) is 0 Å². The van der Waals surface area contributed by atoms with Crippen molar-refractivity contribution in [1.82, 2.24) is 0 Å². The monoisotopic (exact) mass is 1080 g/mol. The Kier molecular flexibility index (Phi) is 62.7. The molecule has 0 aliphatic carbocycles. The summed E-state index contributed by atoms with van der Waals surface area (Å²) in [5.41, 5.74) is 0. The number of allylic oxidation sites excluding steroid dienone is 16. The van der Waals surface area contributed by atoms with Gasteiger partial charge in [0.15, 0.2) is 6.10 Å². The largest absolute Gasteiger partial charge is 0.462 e. The molecule has 0 amide bonds. The van der Waals surface area contributed by atoms with Gasteiger partial charge in [0.25, 0.3) is 0 Å². The zero-order chi connectivity index (χ0) is 56.4. The molecule has 0 spiro atoms. The van der Waals surface area contributed by atoms with Crippen LogP contribution in [0.3, 0.4) is 0 Å². The van der Waals surface area contributed by atoms with Gasteiger partial charge in [0.1, 0.15) is 13.2 Å². The highest BCUT2D eigenvalue weighted by Gasteiger charge is 2.19. The quantitative estimate of drug-likeness (QED) is 0.0261. The molecule has 1 atom stereocenters. The van der Waals surface area contributed by atoms with Crippen molar-refractivity contribution in [3.63, 3.8) is 0 Å². The van der Waals surface area contributed by atoms with Crippen LogP contribution in [0.5, 0.6) is 0 Å². The van der Waals surface area contributed by atoms with Gasteiger partial charge < -0.3 is 14.2 Å². The summed E-state index contributed by atoms with van der Waals surface area (Å²) in [6.07, 6.45) is 88.4. The Bertz CT molecular complexity index is 1530. The van der Waals surface area contributed by atoms with E-state index in [4.69, 9.17) is 14.2 Å². The lowest BCUT2D eigenvalue weighted by Gasteiger charge is -2.18. The van der Waals surface area contributed by atoms with Crippen molar-refractivity contribution in [2.75, 3.05) is 13.2 Å². The first-order valence-electron chi connectivity index (χ1n) is 33.2. The van der Waals surface area contributed by atoms with Gasteiger partial charge in [-0.2, -0.15) is 0 Å². The molecule has 448 valence electrons. The first-order chi connectivity index (χ1) is 38.5. The van der Waals surface area contributed by atoms with Crippen LogP contribution < -0.4 is 0 Å². The second kappa shape index (κ2) is 65.8. The summed E-state index contributed by atoms with van der Waals surface area (Å²) in [5.74, 6) is -0.881. The molecule has 0 aromatic carbocycles. The molecule has 6 heteroatoms. The van der Waals surface area contributed by atoms with Crippen molar-refractivity contribution >= 4 is 17.9 Å². The molecule has 6 nitrogen and oxygen atoms in total. The Morgan fingerprint density at radius 2 is 0.500 bits per heavy atom. The Morgan fingerprint density at radius 3 is 0.795 bits per heavy atom. The highest BCUT2D eigenvalue weighted by atomic mass is 16.6. The normalized spacial score (nSPS) is 12.7. The van der Waals surface area contributed by atoms with Crippen molar-refractivity contribution < 1.29 is 28.6 Å². The Labute approximate surface area is 483 Å². The molecule has 0 aliphatic rings. The third-order valence-electron chi connectivity index (χ3n) is 14.3. The van der Waals surface area contributed by atoms with E-state index in [1.165, 1.54) is 161 Å². The highest BCUT2D eigenvalue weighted by Crippen LogP contribution is 2.16. The summed E-state index contributed by atoms with van der Waals surface area (Å²) in [5, 5.41) is 0. The summed E-state index contributed by atoms with van der Waals surface area (Å²) < 4.78 is 16.9. The van der Waals surface area contributed by atoms with Crippen LogP contribution in [0, 0.1) is 0 Å². The number of hydrogen-bond acceptors (Lipinski definition) is 6. The van der Waals surface area contributed by atoms with E-state index in [-0.39, 0.29) is 31.1 Å². The van der Waals surface area contributed by atoms with E-state index in [0.717, 1.165) is 122 Å². The number of carbonyl (C=O) groups is 3. The summed E-state index contributed by atoms with van der Waals surface area (Å²) >= 11 is 0. The number of ether oxygens (including phenoxy) is 3. The summed E-state index contributed by atoms with van der Waals surface area (Å²) in [6.45, 7) is 6.54. The number of rotatable bonds is 60. The van der Waals surface area contributed by atoms with Crippen LogP contribution in [0.25, 0.3) is 0 Å². The average Bonchev–Trinajstić information content (AvgIpc) is 3.44. The van der Waals surface area contributed by atoms with Gasteiger partial charge in [-0.1, -0.05) is 298 Å². The molecule has 0 aliphatic heterocycles. The fraction of sp³-hybridized carbons (Fsp3) is 0.736. The minimum atomic E-state index is -0.783. The fourth-order valence-corrected chi connectivity index (χ4v) is 9.36. The maximum atomic E-state index is 12.9. The van der Waals surface area contributed by atoms with Crippen LogP contribution in [0.1, 0.15) is 323 Å². The SMILES string of the molecule is CC/C=C\C/C=C\C/C=C\C/C=C\C/C=C\C/C=C\C/C=C\CCCCCCCCCCCC(=O)OCC(COC(=O)CCCCCCCCCCCCCCC)OC(=O)CCCCCCC/C=C\CCCCCCCCC. The van der Waals surface area contributed by atoms with Crippen LogP contribution >= 0.6 is 0 Å². The van der Waals surface area contributed by atoms with Crippen molar-refractivity contribution in [2.24, 2.45) is 0 Å². The smallest absolute Gasteiger partial charge is 0.306 e. The molecule has 78 heavy (non-hydrogen) atoms. The molecule has 0 bridgehead atoms. The molecular weight excluding hydrogens is 961 g/mol. The van der Waals surface area contributed by atoms with Gasteiger partial charge in [-0.05, 0) is 103 Å². The van der Waals surface area contributed by atoms with Gasteiger partial charge in [-0.25, -0.2) is 0 Å². The standard InChI is InChI=1S/C72H124O6/c1-4-7-10-13-16-19-22-25-27-29-30-31-32-33-34-35-36-37-38-39-40-41-42-43-45-47-50-53-56-59-62-65-71(74)77-68-69(67-76-70(73)64-61-58-55-52-49-46-24-21-18-15-12-9-6-3)78-72(75)66-63-60-57-54-51-48-44-28-26-23-20-17-14-11-8-5-2/h7,10,16,19,25,27-28,30-31,33-34,36-37,39-40,44,69H,4-6,8-9,11-15,17-18,20-24,26,29,32,35,38,41-43,45-68H2,1-3H3/b10-7-,19-16-,27-25-,31-30-,34-33-,37-36-,40-39-,44-28-. The molecular formula is C72H124O6. The average molecular weight is 1090 g/mol. The van der Waals surface area contributed by atoms with E-state index in [1.54, 1.807) is 0 Å². The fourth-order valence-electron chi connectivity index (χ4n) is 9.36.